The van der Waals surface area contributed by atoms with Crippen molar-refractivity contribution in [1.29, 1.82) is 0 Å². The summed E-state index contributed by atoms with van der Waals surface area (Å²) in [4.78, 5) is 81.6. The van der Waals surface area contributed by atoms with Crippen LogP contribution in [0.1, 0.15) is 85.4 Å². The van der Waals surface area contributed by atoms with E-state index in [1.54, 1.807) is 52.0 Å². The number of ether oxygens (including phenoxy) is 5. The number of fused-ring (bicyclic) bond motifs is 7. The fourth-order valence-electron chi connectivity index (χ4n) is 7.52. The average Bonchev–Trinajstić information content (AvgIpc) is 3.48. The van der Waals surface area contributed by atoms with Crippen molar-refractivity contribution in [3.8, 4) is 23.0 Å². The topological polar surface area (TPSA) is 241 Å². The summed E-state index contributed by atoms with van der Waals surface area (Å²) in [5, 5.41) is 23.2. The summed E-state index contributed by atoms with van der Waals surface area (Å²) in [5.74, 6) is -2.85. The monoisotopic (exact) mass is 1060 g/mol. The molecule has 0 saturated carbocycles. The van der Waals surface area contributed by atoms with Crippen molar-refractivity contribution in [3.63, 3.8) is 0 Å². The number of hydrogen-bond acceptors (Lipinski definition) is 14. The summed E-state index contributed by atoms with van der Waals surface area (Å²) >= 11 is 2.00. The van der Waals surface area contributed by atoms with Gasteiger partial charge in [-0.1, -0.05) is 38.5 Å². The Kier molecular flexibility index (Phi) is 17.0. The summed E-state index contributed by atoms with van der Waals surface area (Å²) < 4.78 is 41.1. The zero-order chi connectivity index (χ0) is 50.5. The molecule has 3 heterocycles. The number of carbonyl (C=O) groups excluding carboxylic acids is 5. The summed E-state index contributed by atoms with van der Waals surface area (Å²) in [5.41, 5.74) is -0.715. The third-order valence-electron chi connectivity index (χ3n) is 12.1. The van der Waals surface area contributed by atoms with Crippen LogP contribution in [-0.4, -0.2) is 104 Å². The summed E-state index contributed by atoms with van der Waals surface area (Å²) in [6, 6.07) is 7.38. The van der Waals surface area contributed by atoms with E-state index in [1.807, 2.05) is 57.2 Å². The maximum Gasteiger partial charge on any atom is 0.498 e. The first-order chi connectivity index (χ1) is 31.8. The lowest BCUT2D eigenvalue weighted by Gasteiger charge is -2.32. The van der Waals surface area contributed by atoms with Crippen LogP contribution >= 0.6 is 22.6 Å². The number of alkyl carbamates (subject to hydrolysis) is 1. The highest BCUT2D eigenvalue weighted by Gasteiger charge is 2.52. The molecular weight excluding hydrogens is 996 g/mol. The van der Waals surface area contributed by atoms with E-state index < -0.39 is 88.7 Å². The molecule has 4 bridgehead atoms. The number of nitro benzene ring substituents is 1. The van der Waals surface area contributed by atoms with E-state index in [4.69, 9.17) is 33.0 Å². The van der Waals surface area contributed by atoms with E-state index in [0.29, 0.717) is 37.9 Å². The van der Waals surface area contributed by atoms with Crippen LogP contribution in [0.15, 0.2) is 48.5 Å². The largest absolute Gasteiger partial charge is 0.498 e. The molecule has 5 atom stereocenters. The first-order valence-corrected chi connectivity index (χ1v) is 23.2. The third-order valence-corrected chi connectivity index (χ3v) is 12.9. The highest BCUT2D eigenvalue weighted by Crippen LogP contribution is 2.41. The van der Waals surface area contributed by atoms with Crippen LogP contribution in [0.25, 0.3) is 0 Å². The highest BCUT2D eigenvalue weighted by atomic mass is 127. The number of amides is 4. The Labute approximate surface area is 410 Å². The highest BCUT2D eigenvalue weighted by molar-refractivity contribution is 14.1. The maximum atomic E-state index is 14.6. The minimum atomic E-state index is -1.36. The van der Waals surface area contributed by atoms with Crippen molar-refractivity contribution in [1.82, 2.24) is 21.3 Å². The molecular formula is C47H61BIN5O14. The molecule has 4 N–H and O–H groups in total. The molecule has 0 aliphatic carbocycles. The Morgan fingerprint density at radius 3 is 2.19 bits per heavy atom. The fraction of sp³-hybridized carbons (Fsp3) is 0.511. The number of carbonyl (C=O) groups is 5. The van der Waals surface area contributed by atoms with Crippen LogP contribution in [0.5, 0.6) is 23.0 Å². The lowest BCUT2D eigenvalue weighted by Crippen LogP contribution is -2.60. The van der Waals surface area contributed by atoms with E-state index in [1.165, 1.54) is 38.5 Å². The Balaban J connectivity index is 1.50. The number of nitrogens with zero attached hydrogens (tertiary/aromatic N) is 1. The normalized spacial score (nSPS) is 18.9. The molecule has 3 aliphatic heterocycles. The van der Waals surface area contributed by atoms with Gasteiger partial charge in [-0.3, -0.25) is 24.5 Å². The first kappa shape index (κ1) is 53.3. The lowest BCUT2D eigenvalue weighted by atomic mass is 9.77. The molecule has 19 nitrogen and oxygen atoms in total. The lowest BCUT2D eigenvalue weighted by molar-refractivity contribution is -0.385. The Hall–Kier alpha value is -5.68. The van der Waals surface area contributed by atoms with Gasteiger partial charge in [0.05, 0.1) is 41.0 Å². The molecule has 1 fully saturated rings. The van der Waals surface area contributed by atoms with Gasteiger partial charge >= 0.3 is 24.9 Å². The molecule has 68 heavy (non-hydrogen) atoms. The van der Waals surface area contributed by atoms with Gasteiger partial charge in [0.25, 0.3) is 0 Å². The van der Waals surface area contributed by atoms with Gasteiger partial charge in [0.1, 0.15) is 35.5 Å². The standard InChI is InChI=1S/C47H61BIN5O14/c1-13-25(2)38(53-41(56)32(52-44(59)66-45(3,4)5)20-26-14-16-35(62-10)29(18-26)48-67-46(6,7)47(8,9)68-48)42(57)50-31-22-28-19-30(49)39(63-11)37(24-28)65-36-17-15-27(23-34(36)54(60)61)21-33(43(58)64-12)51-40(31)55/h14-19,23-25,31-33,38H,13,20-22H2,1-12H3,(H,50,57)(H,51,55)(H,52,59)(H,53,56)/t25-,31-,32?,33?,38-/m0/s1. The van der Waals surface area contributed by atoms with E-state index in [-0.39, 0.29) is 42.2 Å². The summed E-state index contributed by atoms with van der Waals surface area (Å²) in [7, 11) is 3.26. The molecule has 4 amide bonds. The number of halogens is 1. The number of nitrogens with one attached hydrogen (secondary N) is 4. The van der Waals surface area contributed by atoms with Gasteiger partial charge in [-0.2, -0.15) is 0 Å². The number of nitro groups is 1. The van der Waals surface area contributed by atoms with Gasteiger partial charge in [0, 0.05) is 30.8 Å². The van der Waals surface area contributed by atoms with Crippen molar-refractivity contribution in [3.05, 3.63) is 78.9 Å². The smallest absolute Gasteiger partial charge is 0.497 e. The molecule has 1 saturated heterocycles. The third kappa shape index (κ3) is 12.9. The van der Waals surface area contributed by atoms with Crippen molar-refractivity contribution < 1.29 is 61.9 Å². The second-order valence-corrected chi connectivity index (χ2v) is 19.9. The Bertz CT molecular complexity index is 2390. The maximum absolute atomic E-state index is 14.6. The van der Waals surface area contributed by atoms with E-state index in [2.05, 4.69) is 21.3 Å². The minimum Gasteiger partial charge on any atom is -0.497 e. The zero-order valence-electron chi connectivity index (χ0n) is 40.5. The number of esters is 1. The molecule has 2 unspecified atom stereocenters. The molecule has 21 heteroatoms. The molecule has 0 spiro atoms. The quantitative estimate of drug-likeness (QED) is 0.0533. The van der Waals surface area contributed by atoms with Gasteiger partial charge in [0.15, 0.2) is 11.5 Å². The Morgan fingerprint density at radius 2 is 1.60 bits per heavy atom. The van der Waals surface area contributed by atoms with Gasteiger partial charge in [0.2, 0.25) is 23.5 Å². The number of methoxy groups -OCH3 is 3. The van der Waals surface area contributed by atoms with Gasteiger partial charge in [-0.25, -0.2) is 9.59 Å². The van der Waals surface area contributed by atoms with Gasteiger partial charge in [-0.15, -0.1) is 0 Å². The van der Waals surface area contributed by atoms with Crippen molar-refractivity contribution >= 4 is 70.6 Å². The molecule has 3 aliphatic rings. The SMILES string of the molecule is CC[C@H](C)[C@H](NC(=O)C(Cc1ccc(OC)c(B2OC(C)(C)C(C)(C)O2)c1)NC(=O)OC(C)(C)C)C(=O)N[C@H]1Cc2cc(I)c(OC)c(c2)Oc2ccc(cc2[N+](=O)[O-])CC(C(=O)OC)NC1=O. The predicted molar refractivity (Wildman–Crippen MR) is 259 cm³/mol. The van der Waals surface area contributed by atoms with Crippen LogP contribution in [0.3, 0.4) is 0 Å². The van der Waals surface area contributed by atoms with Crippen LogP contribution in [0.2, 0.25) is 0 Å². The summed E-state index contributed by atoms with van der Waals surface area (Å²) in [6.45, 7) is 16.3. The van der Waals surface area contributed by atoms with Gasteiger partial charge < -0.3 is 54.3 Å². The molecule has 6 rings (SSSR count). The number of benzene rings is 3. The fourth-order valence-corrected chi connectivity index (χ4v) is 8.40. The Morgan fingerprint density at radius 1 is 0.926 bits per heavy atom. The van der Waals surface area contributed by atoms with Crippen LogP contribution in [-0.2, 0) is 57.2 Å². The second-order valence-electron chi connectivity index (χ2n) is 18.8. The van der Waals surface area contributed by atoms with E-state index >= 15 is 0 Å². The number of rotatable bonds is 14. The predicted octanol–water partition coefficient (Wildman–Crippen LogP) is 5.22. The van der Waals surface area contributed by atoms with Crippen molar-refractivity contribution in [2.75, 3.05) is 21.3 Å². The summed E-state index contributed by atoms with van der Waals surface area (Å²) in [6.07, 6.45) is -0.920. The molecule has 3 aromatic carbocycles. The number of hydrogen-bond donors (Lipinski definition) is 4. The molecule has 0 aromatic heterocycles. The van der Waals surface area contributed by atoms with Crippen molar-refractivity contribution in [2.45, 2.75) is 129 Å². The second kappa shape index (κ2) is 21.7. The van der Waals surface area contributed by atoms with E-state index in [9.17, 15) is 34.1 Å². The van der Waals surface area contributed by atoms with Crippen LogP contribution in [0, 0.1) is 19.6 Å². The average molecular weight is 1060 g/mol. The first-order valence-electron chi connectivity index (χ1n) is 22.1. The minimum absolute atomic E-state index is 0.0669. The molecule has 368 valence electrons. The zero-order valence-corrected chi connectivity index (χ0v) is 42.6. The van der Waals surface area contributed by atoms with Gasteiger partial charge in [-0.05, 0) is 118 Å². The van der Waals surface area contributed by atoms with Crippen LogP contribution < -0.4 is 40.9 Å². The molecule has 3 aromatic rings. The van der Waals surface area contributed by atoms with Crippen LogP contribution in [0.4, 0.5) is 10.5 Å². The van der Waals surface area contributed by atoms with Crippen molar-refractivity contribution in [2.24, 2.45) is 5.92 Å². The molecule has 0 radical (unpaired) electrons. The van der Waals surface area contributed by atoms with E-state index in [0.717, 1.165) is 7.11 Å².